The Labute approximate surface area is 157 Å². The molecule has 1 atom stereocenters. The third-order valence-electron chi connectivity index (χ3n) is 4.72. The highest BCUT2D eigenvalue weighted by molar-refractivity contribution is 5.99. The van der Waals surface area contributed by atoms with Crippen LogP contribution in [-0.2, 0) is 16.0 Å². The maximum atomic E-state index is 12.7. The molecule has 0 bridgehead atoms. The number of carbonyl (C=O) groups is 3. The van der Waals surface area contributed by atoms with Crippen LogP contribution in [0.5, 0.6) is 0 Å². The average Bonchev–Trinajstić information content (AvgIpc) is 3.01. The summed E-state index contributed by atoms with van der Waals surface area (Å²) in [6.45, 7) is 5.88. The molecule has 0 radical (unpaired) electrons. The van der Waals surface area contributed by atoms with E-state index in [1.54, 1.807) is 35.2 Å². The summed E-state index contributed by atoms with van der Waals surface area (Å²) in [5.74, 6) is -1.60. The average molecular weight is 366 g/mol. The summed E-state index contributed by atoms with van der Waals surface area (Å²) in [6.07, 6.45) is 0.676. The molecule has 6 nitrogen and oxygen atoms in total. The van der Waals surface area contributed by atoms with E-state index in [1.165, 1.54) is 6.92 Å². The van der Waals surface area contributed by atoms with Crippen molar-refractivity contribution in [2.75, 3.05) is 11.4 Å². The standard InChI is InChI=1S/C21H22N2O4/c1-12-8-13(2)10-17(9-12)19(21(26)27)22-20(25)16-4-5-18-15(11-16)6-7-23(18)14(3)24/h4-5,8-11,19H,6-7H2,1-3H3,(H,22,25)(H,26,27). The van der Waals surface area contributed by atoms with Crippen molar-refractivity contribution in [1.82, 2.24) is 5.32 Å². The Bertz CT molecular complexity index is 916. The third-order valence-corrected chi connectivity index (χ3v) is 4.72. The second-order valence-electron chi connectivity index (χ2n) is 6.93. The van der Waals surface area contributed by atoms with E-state index in [-0.39, 0.29) is 5.91 Å². The van der Waals surface area contributed by atoms with Crippen LogP contribution < -0.4 is 10.2 Å². The van der Waals surface area contributed by atoms with E-state index >= 15 is 0 Å². The van der Waals surface area contributed by atoms with Crippen molar-refractivity contribution in [3.8, 4) is 0 Å². The number of amides is 2. The highest BCUT2D eigenvalue weighted by Crippen LogP contribution is 2.29. The van der Waals surface area contributed by atoms with Crippen LogP contribution in [0.15, 0.2) is 36.4 Å². The lowest BCUT2D eigenvalue weighted by Gasteiger charge is -2.17. The van der Waals surface area contributed by atoms with Gasteiger partial charge in [0.05, 0.1) is 0 Å². The van der Waals surface area contributed by atoms with Gasteiger partial charge in [0.25, 0.3) is 5.91 Å². The Morgan fingerprint density at radius 1 is 1.07 bits per heavy atom. The van der Waals surface area contributed by atoms with Gasteiger partial charge >= 0.3 is 5.97 Å². The minimum atomic E-state index is -1.13. The Hall–Kier alpha value is -3.15. The fourth-order valence-electron chi connectivity index (χ4n) is 3.55. The zero-order valence-electron chi connectivity index (χ0n) is 15.6. The molecule has 0 spiro atoms. The third kappa shape index (κ3) is 3.84. The molecule has 6 heteroatoms. The number of hydrogen-bond acceptors (Lipinski definition) is 3. The van der Waals surface area contributed by atoms with Crippen molar-refractivity contribution >= 4 is 23.5 Å². The molecule has 2 amide bonds. The Morgan fingerprint density at radius 2 is 1.74 bits per heavy atom. The van der Waals surface area contributed by atoms with E-state index in [1.807, 2.05) is 19.9 Å². The highest BCUT2D eigenvalue weighted by Gasteiger charge is 2.26. The molecule has 0 aromatic heterocycles. The van der Waals surface area contributed by atoms with Gasteiger partial charge in [-0.2, -0.15) is 0 Å². The molecule has 1 aliphatic rings. The molecule has 3 rings (SSSR count). The van der Waals surface area contributed by atoms with E-state index in [2.05, 4.69) is 5.32 Å². The number of aliphatic carboxylic acids is 1. The number of aryl methyl sites for hydroxylation is 2. The quantitative estimate of drug-likeness (QED) is 0.871. The first kappa shape index (κ1) is 18.6. The molecule has 0 aliphatic carbocycles. The fraction of sp³-hybridized carbons (Fsp3) is 0.286. The highest BCUT2D eigenvalue weighted by atomic mass is 16.4. The zero-order valence-corrected chi connectivity index (χ0v) is 15.6. The van der Waals surface area contributed by atoms with Gasteiger partial charge in [-0.1, -0.05) is 29.3 Å². The largest absolute Gasteiger partial charge is 0.479 e. The zero-order chi connectivity index (χ0) is 19.7. The minimum Gasteiger partial charge on any atom is -0.479 e. The van der Waals surface area contributed by atoms with E-state index < -0.39 is 17.9 Å². The molecule has 1 heterocycles. The summed E-state index contributed by atoms with van der Waals surface area (Å²) in [4.78, 5) is 37.7. The first-order chi connectivity index (χ1) is 12.8. The molecule has 0 saturated heterocycles. The number of benzene rings is 2. The molecule has 0 saturated carbocycles. The molecule has 1 unspecified atom stereocenters. The van der Waals surface area contributed by atoms with Crippen molar-refractivity contribution in [3.05, 3.63) is 64.2 Å². The Kier molecular flexibility index (Phi) is 4.99. The van der Waals surface area contributed by atoms with Gasteiger partial charge in [-0.05, 0) is 49.6 Å². The summed E-state index contributed by atoms with van der Waals surface area (Å²) < 4.78 is 0. The lowest BCUT2D eigenvalue weighted by atomic mass is 10.0. The van der Waals surface area contributed by atoms with Crippen molar-refractivity contribution < 1.29 is 19.5 Å². The number of fused-ring (bicyclic) bond motifs is 1. The van der Waals surface area contributed by atoms with Crippen LogP contribution in [0.1, 0.15) is 45.6 Å². The molecular weight excluding hydrogens is 344 g/mol. The summed E-state index contributed by atoms with van der Waals surface area (Å²) in [6, 6.07) is 9.44. The number of hydrogen-bond donors (Lipinski definition) is 2. The number of nitrogens with zero attached hydrogens (tertiary/aromatic N) is 1. The molecule has 2 aromatic carbocycles. The van der Waals surface area contributed by atoms with Gasteiger partial charge in [-0.25, -0.2) is 4.79 Å². The summed E-state index contributed by atoms with van der Waals surface area (Å²) in [7, 11) is 0. The molecule has 1 aliphatic heterocycles. The topological polar surface area (TPSA) is 86.7 Å². The second kappa shape index (κ2) is 7.23. The van der Waals surface area contributed by atoms with Gasteiger partial charge in [-0.3, -0.25) is 9.59 Å². The molecule has 0 fully saturated rings. The lowest BCUT2D eigenvalue weighted by Crippen LogP contribution is -2.34. The molecule has 27 heavy (non-hydrogen) atoms. The van der Waals surface area contributed by atoms with Crippen molar-refractivity contribution in [2.45, 2.75) is 33.2 Å². The monoisotopic (exact) mass is 366 g/mol. The maximum Gasteiger partial charge on any atom is 0.330 e. The first-order valence-electron chi connectivity index (χ1n) is 8.79. The van der Waals surface area contributed by atoms with Crippen LogP contribution in [0.3, 0.4) is 0 Å². The predicted molar refractivity (Wildman–Crippen MR) is 102 cm³/mol. The molecule has 140 valence electrons. The molecular formula is C21H22N2O4. The van der Waals surface area contributed by atoms with E-state index in [4.69, 9.17) is 0 Å². The van der Waals surface area contributed by atoms with Crippen molar-refractivity contribution in [1.29, 1.82) is 0 Å². The predicted octanol–water partition coefficient (Wildman–Crippen LogP) is 2.77. The van der Waals surface area contributed by atoms with Crippen molar-refractivity contribution in [3.63, 3.8) is 0 Å². The summed E-state index contributed by atoms with van der Waals surface area (Å²) >= 11 is 0. The lowest BCUT2D eigenvalue weighted by molar-refractivity contribution is -0.139. The van der Waals surface area contributed by atoms with E-state index in [0.29, 0.717) is 24.1 Å². The number of carbonyl (C=O) groups excluding carboxylic acids is 2. The normalized spacial score (nSPS) is 13.8. The molecule has 2 aromatic rings. The van der Waals surface area contributed by atoms with Crippen LogP contribution >= 0.6 is 0 Å². The number of nitrogens with one attached hydrogen (secondary N) is 1. The molecule has 2 N–H and O–H groups in total. The SMILES string of the molecule is CC(=O)N1CCc2cc(C(=O)NC(C(=O)O)c3cc(C)cc(C)c3)ccc21. The van der Waals surface area contributed by atoms with Gasteiger partial charge in [0.15, 0.2) is 6.04 Å². The Morgan fingerprint density at radius 3 is 2.33 bits per heavy atom. The van der Waals surface area contributed by atoms with Gasteiger partial charge in [0.1, 0.15) is 0 Å². The van der Waals surface area contributed by atoms with Gasteiger partial charge < -0.3 is 15.3 Å². The van der Waals surface area contributed by atoms with Crippen LogP contribution in [0.4, 0.5) is 5.69 Å². The number of rotatable bonds is 4. The smallest absolute Gasteiger partial charge is 0.330 e. The number of carboxylic acid groups (broad SMARTS) is 1. The maximum absolute atomic E-state index is 12.7. The van der Waals surface area contributed by atoms with Gasteiger partial charge in [0.2, 0.25) is 5.91 Å². The van der Waals surface area contributed by atoms with E-state index in [0.717, 1.165) is 22.4 Å². The summed E-state index contributed by atoms with van der Waals surface area (Å²) in [5.41, 5.74) is 4.52. The summed E-state index contributed by atoms with van der Waals surface area (Å²) in [5, 5.41) is 12.2. The van der Waals surface area contributed by atoms with Gasteiger partial charge in [0, 0.05) is 24.7 Å². The number of carboxylic acids is 1. The second-order valence-corrected chi connectivity index (χ2v) is 6.93. The fourth-order valence-corrected chi connectivity index (χ4v) is 3.55. The van der Waals surface area contributed by atoms with Gasteiger partial charge in [-0.15, -0.1) is 0 Å². The number of anilines is 1. The Balaban J connectivity index is 1.85. The van der Waals surface area contributed by atoms with Crippen LogP contribution in [-0.4, -0.2) is 29.4 Å². The van der Waals surface area contributed by atoms with Crippen LogP contribution in [0.2, 0.25) is 0 Å². The van der Waals surface area contributed by atoms with Crippen LogP contribution in [0.25, 0.3) is 0 Å². The van der Waals surface area contributed by atoms with Crippen molar-refractivity contribution in [2.24, 2.45) is 0 Å². The van der Waals surface area contributed by atoms with Crippen LogP contribution in [0, 0.1) is 13.8 Å². The first-order valence-corrected chi connectivity index (χ1v) is 8.79. The van der Waals surface area contributed by atoms with E-state index in [9.17, 15) is 19.5 Å². The minimum absolute atomic E-state index is 0.0355.